The Morgan fingerprint density at radius 3 is 2.65 bits per heavy atom. The van der Waals surface area contributed by atoms with Gasteiger partial charge in [-0.05, 0) is 37.6 Å². The van der Waals surface area contributed by atoms with E-state index in [1.165, 1.54) is 25.1 Å². The summed E-state index contributed by atoms with van der Waals surface area (Å²) in [7, 11) is 0. The molecule has 0 aromatic heterocycles. The van der Waals surface area contributed by atoms with Crippen LogP contribution in [-0.4, -0.2) is 18.0 Å². The Morgan fingerprint density at radius 1 is 1.47 bits per heavy atom. The third-order valence-corrected chi connectivity index (χ3v) is 2.06. The van der Waals surface area contributed by atoms with Crippen molar-refractivity contribution in [1.82, 2.24) is 5.32 Å². The summed E-state index contributed by atoms with van der Waals surface area (Å²) in [4.78, 5) is 21.7. The predicted molar refractivity (Wildman–Crippen MR) is 59.0 cm³/mol. The molecule has 3 N–H and O–H groups in total. The summed E-state index contributed by atoms with van der Waals surface area (Å²) < 4.78 is 18.2. The van der Waals surface area contributed by atoms with E-state index >= 15 is 0 Å². The standard InChI is InChI=1S/C11H13FN2O3/c1-6-5-8(3-4-9(6)12)17-7(2)10(15)14-11(13)16/h3-5,7H,1-2H3,(H3,13,14,15,16). The molecule has 92 valence electrons. The smallest absolute Gasteiger partial charge is 0.318 e. The number of carbonyl (C=O) groups is 2. The van der Waals surface area contributed by atoms with Gasteiger partial charge in [0.25, 0.3) is 5.91 Å². The second-order valence-corrected chi connectivity index (χ2v) is 3.52. The molecule has 17 heavy (non-hydrogen) atoms. The van der Waals surface area contributed by atoms with Crippen LogP contribution in [0.3, 0.4) is 0 Å². The van der Waals surface area contributed by atoms with Crippen molar-refractivity contribution >= 4 is 11.9 Å². The second kappa shape index (κ2) is 5.29. The van der Waals surface area contributed by atoms with Crippen molar-refractivity contribution in [1.29, 1.82) is 0 Å². The Balaban J connectivity index is 2.67. The molecule has 0 aliphatic carbocycles. The lowest BCUT2D eigenvalue weighted by atomic mass is 10.2. The zero-order chi connectivity index (χ0) is 13.0. The lowest BCUT2D eigenvalue weighted by molar-refractivity contribution is -0.126. The number of hydrogen-bond donors (Lipinski definition) is 2. The highest BCUT2D eigenvalue weighted by molar-refractivity contribution is 5.95. The topological polar surface area (TPSA) is 81.4 Å². The number of rotatable bonds is 3. The minimum absolute atomic E-state index is 0.344. The van der Waals surface area contributed by atoms with Crippen LogP contribution in [0.25, 0.3) is 0 Å². The van der Waals surface area contributed by atoms with Crippen LogP contribution < -0.4 is 15.8 Å². The van der Waals surface area contributed by atoms with Gasteiger partial charge in [-0.1, -0.05) is 0 Å². The highest BCUT2D eigenvalue weighted by atomic mass is 19.1. The number of imide groups is 1. The molecule has 0 radical (unpaired) electrons. The van der Waals surface area contributed by atoms with Crippen molar-refractivity contribution < 1.29 is 18.7 Å². The monoisotopic (exact) mass is 240 g/mol. The molecule has 1 unspecified atom stereocenters. The maximum Gasteiger partial charge on any atom is 0.318 e. The van der Waals surface area contributed by atoms with Gasteiger partial charge in [-0.3, -0.25) is 10.1 Å². The molecule has 0 aliphatic rings. The van der Waals surface area contributed by atoms with E-state index in [2.05, 4.69) is 0 Å². The van der Waals surface area contributed by atoms with Crippen LogP contribution >= 0.6 is 0 Å². The van der Waals surface area contributed by atoms with Crippen LogP contribution in [0.1, 0.15) is 12.5 Å². The van der Waals surface area contributed by atoms with E-state index in [9.17, 15) is 14.0 Å². The van der Waals surface area contributed by atoms with Gasteiger partial charge >= 0.3 is 6.03 Å². The van der Waals surface area contributed by atoms with E-state index in [0.29, 0.717) is 11.3 Å². The van der Waals surface area contributed by atoms with Crippen LogP contribution in [-0.2, 0) is 4.79 Å². The molecule has 6 heteroatoms. The zero-order valence-electron chi connectivity index (χ0n) is 9.49. The van der Waals surface area contributed by atoms with Crippen molar-refractivity contribution in [3.05, 3.63) is 29.6 Å². The van der Waals surface area contributed by atoms with Crippen LogP contribution in [0.2, 0.25) is 0 Å². The Kier molecular flexibility index (Phi) is 4.03. The Bertz CT molecular complexity index is 448. The minimum Gasteiger partial charge on any atom is -0.481 e. The fraction of sp³-hybridized carbons (Fsp3) is 0.273. The zero-order valence-corrected chi connectivity index (χ0v) is 9.49. The van der Waals surface area contributed by atoms with Gasteiger partial charge in [0.05, 0.1) is 0 Å². The SMILES string of the molecule is Cc1cc(OC(C)C(=O)NC(N)=O)ccc1F. The van der Waals surface area contributed by atoms with Crippen LogP contribution in [0.5, 0.6) is 5.75 Å². The summed E-state index contributed by atoms with van der Waals surface area (Å²) in [5.74, 6) is -0.665. The van der Waals surface area contributed by atoms with E-state index < -0.39 is 18.0 Å². The average Bonchev–Trinajstić information content (AvgIpc) is 2.22. The first-order valence-corrected chi connectivity index (χ1v) is 4.93. The van der Waals surface area contributed by atoms with E-state index in [0.717, 1.165) is 0 Å². The number of ether oxygens (including phenoxy) is 1. The number of carbonyl (C=O) groups excluding carboxylic acids is 2. The molecule has 0 bridgehead atoms. The van der Waals surface area contributed by atoms with Crippen LogP contribution in [0.4, 0.5) is 9.18 Å². The number of nitrogens with two attached hydrogens (primary N) is 1. The van der Waals surface area contributed by atoms with Gasteiger partial charge in [0.1, 0.15) is 11.6 Å². The molecule has 1 aromatic rings. The predicted octanol–water partition coefficient (Wildman–Crippen LogP) is 1.10. The van der Waals surface area contributed by atoms with Gasteiger partial charge in [0, 0.05) is 0 Å². The Hall–Kier alpha value is -2.11. The quantitative estimate of drug-likeness (QED) is 0.829. The molecule has 0 saturated heterocycles. The van der Waals surface area contributed by atoms with E-state index in [1.54, 1.807) is 6.92 Å². The van der Waals surface area contributed by atoms with E-state index in [-0.39, 0.29) is 5.82 Å². The first kappa shape index (κ1) is 13.0. The molecule has 0 fully saturated rings. The fourth-order valence-corrected chi connectivity index (χ4v) is 1.17. The third-order valence-electron chi connectivity index (χ3n) is 2.06. The van der Waals surface area contributed by atoms with Gasteiger partial charge < -0.3 is 10.5 Å². The Labute approximate surface area is 97.7 Å². The summed E-state index contributed by atoms with van der Waals surface area (Å²) in [6.45, 7) is 3.04. The summed E-state index contributed by atoms with van der Waals surface area (Å²) in [5.41, 5.74) is 5.20. The lowest BCUT2D eigenvalue weighted by Crippen LogP contribution is -2.42. The number of aryl methyl sites for hydroxylation is 1. The van der Waals surface area contributed by atoms with E-state index in [1.807, 2.05) is 5.32 Å². The number of amides is 3. The van der Waals surface area contributed by atoms with Crippen LogP contribution in [0, 0.1) is 12.7 Å². The summed E-state index contributed by atoms with van der Waals surface area (Å²) >= 11 is 0. The molecule has 1 aromatic carbocycles. The highest BCUT2D eigenvalue weighted by Gasteiger charge is 2.16. The molecule has 1 rings (SSSR count). The number of nitrogens with one attached hydrogen (secondary N) is 1. The number of benzene rings is 1. The summed E-state index contributed by atoms with van der Waals surface area (Å²) in [6, 6.07) is 3.16. The van der Waals surface area contributed by atoms with Gasteiger partial charge in [-0.15, -0.1) is 0 Å². The molecule has 3 amide bonds. The number of halogens is 1. The van der Waals surface area contributed by atoms with Gasteiger partial charge in [0.15, 0.2) is 6.10 Å². The van der Waals surface area contributed by atoms with Crippen molar-refractivity contribution in [2.75, 3.05) is 0 Å². The third kappa shape index (κ3) is 3.75. The molecule has 0 aliphatic heterocycles. The first-order chi connectivity index (χ1) is 7.90. The Morgan fingerprint density at radius 2 is 2.12 bits per heavy atom. The van der Waals surface area contributed by atoms with Crippen molar-refractivity contribution in [2.45, 2.75) is 20.0 Å². The maximum absolute atomic E-state index is 13.0. The van der Waals surface area contributed by atoms with E-state index in [4.69, 9.17) is 10.5 Å². The molecular formula is C11H13FN2O3. The number of primary amides is 1. The highest BCUT2D eigenvalue weighted by Crippen LogP contribution is 2.17. The van der Waals surface area contributed by atoms with Crippen LogP contribution in [0.15, 0.2) is 18.2 Å². The van der Waals surface area contributed by atoms with Crippen molar-refractivity contribution in [3.63, 3.8) is 0 Å². The maximum atomic E-state index is 13.0. The molecule has 5 nitrogen and oxygen atoms in total. The van der Waals surface area contributed by atoms with Gasteiger partial charge in [-0.25, -0.2) is 9.18 Å². The molecular weight excluding hydrogens is 227 g/mol. The fourth-order valence-electron chi connectivity index (χ4n) is 1.17. The summed E-state index contributed by atoms with van der Waals surface area (Å²) in [5, 5.41) is 1.89. The minimum atomic E-state index is -0.944. The molecule has 0 saturated carbocycles. The summed E-state index contributed by atoms with van der Waals surface area (Å²) in [6.07, 6.45) is -0.896. The molecule has 0 heterocycles. The molecule has 0 spiro atoms. The van der Waals surface area contributed by atoms with Gasteiger partial charge in [0.2, 0.25) is 0 Å². The van der Waals surface area contributed by atoms with Gasteiger partial charge in [-0.2, -0.15) is 0 Å². The largest absolute Gasteiger partial charge is 0.481 e. The lowest BCUT2D eigenvalue weighted by Gasteiger charge is -2.13. The normalized spacial score (nSPS) is 11.7. The van der Waals surface area contributed by atoms with Crippen molar-refractivity contribution in [2.24, 2.45) is 5.73 Å². The average molecular weight is 240 g/mol. The number of urea groups is 1. The first-order valence-electron chi connectivity index (χ1n) is 4.93. The molecule has 1 atom stereocenters. The second-order valence-electron chi connectivity index (χ2n) is 3.52. The number of hydrogen-bond acceptors (Lipinski definition) is 3. The van der Waals surface area contributed by atoms with Crippen molar-refractivity contribution in [3.8, 4) is 5.75 Å².